The van der Waals surface area contributed by atoms with Crippen molar-refractivity contribution in [2.45, 2.75) is 6.92 Å². The van der Waals surface area contributed by atoms with Crippen molar-refractivity contribution in [3.63, 3.8) is 0 Å². The molecule has 1 aliphatic rings. The zero-order valence-corrected chi connectivity index (χ0v) is 14.8. The number of fused-ring (bicyclic) bond motifs is 1. The summed E-state index contributed by atoms with van der Waals surface area (Å²) in [5.41, 5.74) is 1.64. The van der Waals surface area contributed by atoms with Gasteiger partial charge in [-0.15, -0.1) is 0 Å². The molecule has 3 heterocycles. The molecular formula is C20H22N4O2. The summed E-state index contributed by atoms with van der Waals surface area (Å²) in [6.07, 6.45) is 1.78. The fraction of sp³-hybridized carbons (Fsp3) is 0.300. The Morgan fingerprint density at radius 1 is 1.15 bits per heavy atom. The lowest BCUT2D eigenvalue weighted by atomic mass is 10.2. The molecule has 0 radical (unpaired) electrons. The van der Waals surface area contributed by atoms with Gasteiger partial charge in [0.15, 0.2) is 11.6 Å². The zero-order chi connectivity index (χ0) is 17.9. The number of hydrogen-bond acceptors (Lipinski definition) is 4. The van der Waals surface area contributed by atoms with E-state index in [0.29, 0.717) is 25.4 Å². The highest BCUT2D eigenvalue weighted by Gasteiger charge is 2.25. The highest BCUT2D eigenvalue weighted by atomic mass is 16.5. The number of carbonyl (C=O) groups excluding carboxylic acids is 1. The minimum absolute atomic E-state index is 0.0481. The van der Waals surface area contributed by atoms with Crippen LogP contribution in [-0.2, 0) is 0 Å². The summed E-state index contributed by atoms with van der Waals surface area (Å²) in [7, 11) is 0. The third kappa shape index (κ3) is 3.10. The number of ether oxygens (including phenoxy) is 1. The molecule has 1 aromatic carbocycles. The van der Waals surface area contributed by atoms with Gasteiger partial charge in [0, 0.05) is 43.3 Å². The fourth-order valence-electron chi connectivity index (χ4n) is 3.37. The van der Waals surface area contributed by atoms with Crippen LogP contribution in [0.15, 0.2) is 48.7 Å². The molecular weight excluding hydrogens is 328 g/mol. The third-order valence-corrected chi connectivity index (χ3v) is 4.68. The summed E-state index contributed by atoms with van der Waals surface area (Å²) in [5, 5.41) is 1.06. The maximum Gasteiger partial charge on any atom is 0.270 e. The number of H-pyrrole nitrogens is 1. The molecule has 1 saturated heterocycles. The SMILES string of the molecule is CCOc1cccnc1N1CCN(C(=O)c2cc3ccccc3[nH]2)CC1. The van der Waals surface area contributed by atoms with Gasteiger partial charge >= 0.3 is 0 Å². The first-order valence-electron chi connectivity index (χ1n) is 8.96. The van der Waals surface area contributed by atoms with Gasteiger partial charge in [-0.25, -0.2) is 4.98 Å². The van der Waals surface area contributed by atoms with Gasteiger partial charge in [0.1, 0.15) is 5.69 Å². The van der Waals surface area contributed by atoms with E-state index >= 15 is 0 Å². The van der Waals surface area contributed by atoms with Crippen LogP contribution < -0.4 is 9.64 Å². The molecule has 0 unspecified atom stereocenters. The Hall–Kier alpha value is -3.02. The van der Waals surface area contributed by atoms with E-state index in [1.807, 2.05) is 54.3 Å². The molecule has 134 valence electrons. The van der Waals surface area contributed by atoms with E-state index in [1.165, 1.54) is 0 Å². The number of rotatable bonds is 4. The number of benzene rings is 1. The van der Waals surface area contributed by atoms with Gasteiger partial charge in [0.2, 0.25) is 0 Å². The highest BCUT2D eigenvalue weighted by Crippen LogP contribution is 2.26. The summed E-state index contributed by atoms with van der Waals surface area (Å²) in [5.74, 6) is 1.70. The van der Waals surface area contributed by atoms with E-state index in [-0.39, 0.29) is 5.91 Å². The lowest BCUT2D eigenvalue weighted by molar-refractivity contribution is 0.0741. The number of nitrogens with one attached hydrogen (secondary N) is 1. The molecule has 3 aromatic rings. The summed E-state index contributed by atoms with van der Waals surface area (Å²) >= 11 is 0. The topological polar surface area (TPSA) is 61.5 Å². The molecule has 0 bridgehead atoms. The standard InChI is InChI=1S/C20H22N4O2/c1-2-26-18-8-5-9-21-19(18)23-10-12-24(13-11-23)20(25)17-14-15-6-3-4-7-16(15)22-17/h3-9,14,22H,2,10-13H2,1H3. The Labute approximate surface area is 152 Å². The molecule has 2 aromatic heterocycles. The maximum absolute atomic E-state index is 12.8. The number of aromatic nitrogens is 2. The van der Waals surface area contributed by atoms with E-state index in [0.717, 1.165) is 35.6 Å². The van der Waals surface area contributed by atoms with Crippen molar-refractivity contribution in [1.82, 2.24) is 14.9 Å². The average Bonchev–Trinajstić information content (AvgIpc) is 3.12. The monoisotopic (exact) mass is 350 g/mol. The first-order valence-corrected chi connectivity index (χ1v) is 8.96. The lowest BCUT2D eigenvalue weighted by Crippen LogP contribution is -2.49. The van der Waals surface area contributed by atoms with E-state index < -0.39 is 0 Å². The van der Waals surface area contributed by atoms with Crippen molar-refractivity contribution in [2.75, 3.05) is 37.7 Å². The Balaban J connectivity index is 1.45. The Kier molecular flexibility index (Phi) is 4.48. The normalized spacial score (nSPS) is 14.7. The fourth-order valence-corrected chi connectivity index (χ4v) is 3.37. The summed E-state index contributed by atoms with van der Waals surface area (Å²) in [6, 6.07) is 13.7. The second kappa shape index (κ2) is 7.07. The summed E-state index contributed by atoms with van der Waals surface area (Å²) in [6.45, 7) is 5.38. The number of nitrogens with zero attached hydrogens (tertiary/aromatic N) is 3. The second-order valence-corrected chi connectivity index (χ2v) is 6.31. The first-order chi connectivity index (χ1) is 12.8. The molecule has 26 heavy (non-hydrogen) atoms. The molecule has 1 aliphatic heterocycles. The van der Waals surface area contributed by atoms with Crippen LogP contribution in [0.25, 0.3) is 10.9 Å². The van der Waals surface area contributed by atoms with Gasteiger partial charge in [-0.05, 0) is 31.2 Å². The number of carbonyl (C=O) groups is 1. The lowest BCUT2D eigenvalue weighted by Gasteiger charge is -2.35. The molecule has 6 nitrogen and oxygen atoms in total. The van der Waals surface area contributed by atoms with Crippen LogP contribution in [0.1, 0.15) is 17.4 Å². The van der Waals surface area contributed by atoms with Crippen molar-refractivity contribution in [1.29, 1.82) is 0 Å². The maximum atomic E-state index is 12.8. The van der Waals surface area contributed by atoms with Gasteiger partial charge in [0.05, 0.1) is 6.61 Å². The molecule has 0 atom stereocenters. The van der Waals surface area contributed by atoms with Crippen LogP contribution in [-0.4, -0.2) is 53.6 Å². The van der Waals surface area contributed by atoms with Crippen molar-refractivity contribution >= 4 is 22.6 Å². The van der Waals surface area contributed by atoms with Gasteiger partial charge < -0.3 is 19.5 Å². The van der Waals surface area contributed by atoms with Crippen LogP contribution in [0.5, 0.6) is 5.75 Å². The smallest absolute Gasteiger partial charge is 0.270 e. The molecule has 1 N–H and O–H groups in total. The predicted molar refractivity (Wildman–Crippen MR) is 102 cm³/mol. The van der Waals surface area contributed by atoms with E-state index in [9.17, 15) is 4.79 Å². The van der Waals surface area contributed by atoms with Crippen LogP contribution in [0.2, 0.25) is 0 Å². The number of para-hydroxylation sites is 1. The predicted octanol–water partition coefficient (Wildman–Crippen LogP) is 2.92. The number of anilines is 1. The molecule has 0 spiro atoms. The quantitative estimate of drug-likeness (QED) is 0.786. The third-order valence-electron chi connectivity index (χ3n) is 4.68. The molecule has 4 rings (SSSR count). The molecule has 0 saturated carbocycles. The molecule has 1 fully saturated rings. The molecule has 6 heteroatoms. The number of piperazine rings is 1. The zero-order valence-electron chi connectivity index (χ0n) is 14.8. The Morgan fingerprint density at radius 3 is 2.73 bits per heavy atom. The average molecular weight is 350 g/mol. The largest absolute Gasteiger partial charge is 0.490 e. The Bertz CT molecular complexity index is 880. The van der Waals surface area contributed by atoms with E-state index in [1.54, 1.807) is 6.20 Å². The van der Waals surface area contributed by atoms with Gasteiger partial charge in [-0.2, -0.15) is 0 Å². The number of pyridine rings is 1. The first kappa shape index (κ1) is 16.4. The minimum atomic E-state index is 0.0481. The summed E-state index contributed by atoms with van der Waals surface area (Å²) in [4.78, 5) is 24.6. The minimum Gasteiger partial charge on any atom is -0.490 e. The number of amides is 1. The molecule has 0 aliphatic carbocycles. The highest BCUT2D eigenvalue weighted by molar-refractivity contribution is 5.98. The van der Waals surface area contributed by atoms with Gasteiger partial charge in [0.25, 0.3) is 5.91 Å². The van der Waals surface area contributed by atoms with Crippen LogP contribution in [0.4, 0.5) is 5.82 Å². The van der Waals surface area contributed by atoms with E-state index in [4.69, 9.17) is 4.74 Å². The second-order valence-electron chi connectivity index (χ2n) is 6.31. The van der Waals surface area contributed by atoms with Gasteiger partial charge in [-0.3, -0.25) is 4.79 Å². The van der Waals surface area contributed by atoms with Crippen LogP contribution in [0.3, 0.4) is 0 Å². The van der Waals surface area contributed by atoms with Crippen LogP contribution >= 0.6 is 0 Å². The Morgan fingerprint density at radius 2 is 1.96 bits per heavy atom. The van der Waals surface area contributed by atoms with Crippen molar-refractivity contribution in [3.05, 3.63) is 54.4 Å². The van der Waals surface area contributed by atoms with Crippen molar-refractivity contribution in [2.24, 2.45) is 0 Å². The van der Waals surface area contributed by atoms with Crippen molar-refractivity contribution in [3.8, 4) is 5.75 Å². The number of aromatic amines is 1. The number of hydrogen-bond donors (Lipinski definition) is 1. The molecule has 1 amide bonds. The van der Waals surface area contributed by atoms with E-state index in [2.05, 4.69) is 14.9 Å². The van der Waals surface area contributed by atoms with Crippen LogP contribution in [0, 0.1) is 0 Å². The van der Waals surface area contributed by atoms with Gasteiger partial charge in [-0.1, -0.05) is 18.2 Å². The van der Waals surface area contributed by atoms with Crippen molar-refractivity contribution < 1.29 is 9.53 Å². The summed E-state index contributed by atoms with van der Waals surface area (Å²) < 4.78 is 5.68.